The minimum atomic E-state index is 0.254. The molecule has 1 aromatic rings. The lowest BCUT2D eigenvalue weighted by Gasteiger charge is -2.30. The summed E-state index contributed by atoms with van der Waals surface area (Å²) in [6.45, 7) is 11.9. The van der Waals surface area contributed by atoms with Gasteiger partial charge in [0.2, 0.25) is 6.79 Å². The van der Waals surface area contributed by atoms with Crippen LogP contribution >= 0.6 is 11.6 Å². The molecule has 0 unspecified atom stereocenters. The molecule has 1 aliphatic heterocycles. The molecule has 118 valence electrons. The Morgan fingerprint density at radius 3 is 2.57 bits per heavy atom. The fraction of sp³-hybridized carbons (Fsp3) is 0.625. The zero-order chi connectivity index (χ0) is 15.4. The Kier molecular flexibility index (Phi) is 5.73. The SMILES string of the molecule is CC(C)N(CCNCc1cc(Cl)c2c(c1)OCO2)C(C)C. The monoisotopic (exact) mass is 312 g/mol. The summed E-state index contributed by atoms with van der Waals surface area (Å²) in [5, 5.41) is 4.08. The van der Waals surface area contributed by atoms with E-state index >= 15 is 0 Å². The smallest absolute Gasteiger partial charge is 0.231 e. The van der Waals surface area contributed by atoms with Gasteiger partial charge < -0.3 is 14.8 Å². The van der Waals surface area contributed by atoms with Gasteiger partial charge in [0.1, 0.15) is 0 Å². The second kappa shape index (κ2) is 7.34. The second-order valence-electron chi connectivity index (χ2n) is 5.91. The van der Waals surface area contributed by atoms with E-state index in [0.29, 0.717) is 22.9 Å². The van der Waals surface area contributed by atoms with Gasteiger partial charge in [-0.05, 0) is 45.4 Å². The first-order valence-electron chi connectivity index (χ1n) is 7.53. The van der Waals surface area contributed by atoms with Crippen molar-refractivity contribution in [2.45, 2.75) is 46.3 Å². The van der Waals surface area contributed by atoms with Crippen LogP contribution in [-0.4, -0.2) is 36.9 Å². The van der Waals surface area contributed by atoms with Crippen molar-refractivity contribution in [2.75, 3.05) is 19.9 Å². The molecule has 0 bridgehead atoms. The molecule has 4 nitrogen and oxygen atoms in total. The lowest BCUT2D eigenvalue weighted by Crippen LogP contribution is -2.41. The lowest BCUT2D eigenvalue weighted by molar-refractivity contribution is 0.174. The number of fused-ring (bicyclic) bond motifs is 1. The van der Waals surface area contributed by atoms with Crippen LogP contribution in [0.3, 0.4) is 0 Å². The summed E-state index contributed by atoms with van der Waals surface area (Å²) in [4.78, 5) is 2.47. The molecule has 0 aliphatic carbocycles. The summed E-state index contributed by atoms with van der Waals surface area (Å²) in [6.07, 6.45) is 0. The maximum absolute atomic E-state index is 6.18. The van der Waals surface area contributed by atoms with Gasteiger partial charge in [-0.25, -0.2) is 0 Å². The van der Waals surface area contributed by atoms with Crippen LogP contribution in [0.2, 0.25) is 5.02 Å². The highest BCUT2D eigenvalue weighted by Gasteiger charge is 2.18. The van der Waals surface area contributed by atoms with E-state index in [9.17, 15) is 0 Å². The molecular formula is C16H25ClN2O2. The summed E-state index contributed by atoms with van der Waals surface area (Å²) in [6, 6.07) is 5.05. The maximum atomic E-state index is 6.18. The van der Waals surface area contributed by atoms with Gasteiger partial charge in [-0.3, -0.25) is 4.90 Å². The minimum absolute atomic E-state index is 0.254. The number of halogens is 1. The predicted octanol–water partition coefficient (Wildman–Crippen LogP) is 3.28. The number of hydrogen-bond donors (Lipinski definition) is 1. The average Bonchev–Trinajstić information content (AvgIpc) is 2.86. The van der Waals surface area contributed by atoms with Crippen LogP contribution < -0.4 is 14.8 Å². The highest BCUT2D eigenvalue weighted by molar-refractivity contribution is 6.32. The van der Waals surface area contributed by atoms with Gasteiger partial charge in [-0.15, -0.1) is 0 Å². The molecule has 0 radical (unpaired) electrons. The summed E-state index contributed by atoms with van der Waals surface area (Å²) in [5.41, 5.74) is 1.12. The van der Waals surface area contributed by atoms with Crippen molar-refractivity contribution in [1.82, 2.24) is 10.2 Å². The minimum Gasteiger partial charge on any atom is -0.454 e. The molecule has 0 saturated heterocycles. The van der Waals surface area contributed by atoms with E-state index in [1.54, 1.807) is 0 Å². The first-order valence-corrected chi connectivity index (χ1v) is 7.91. The second-order valence-corrected chi connectivity index (χ2v) is 6.32. The normalized spacial score (nSPS) is 13.7. The van der Waals surface area contributed by atoms with E-state index in [1.807, 2.05) is 12.1 Å². The summed E-state index contributed by atoms with van der Waals surface area (Å²) < 4.78 is 10.7. The summed E-state index contributed by atoms with van der Waals surface area (Å²) in [5.74, 6) is 1.40. The third kappa shape index (κ3) is 4.25. The fourth-order valence-corrected chi connectivity index (χ4v) is 2.96. The number of nitrogens with one attached hydrogen (secondary N) is 1. The molecule has 1 N–H and O–H groups in total. The lowest BCUT2D eigenvalue weighted by atomic mass is 10.2. The molecule has 2 rings (SSSR count). The Hall–Kier alpha value is -0.970. The van der Waals surface area contributed by atoms with Crippen molar-refractivity contribution >= 4 is 11.6 Å². The Labute approximate surface area is 132 Å². The van der Waals surface area contributed by atoms with Gasteiger partial charge in [-0.2, -0.15) is 0 Å². The summed E-state index contributed by atoms with van der Waals surface area (Å²) in [7, 11) is 0. The molecule has 0 fully saturated rings. The number of nitrogens with zero attached hydrogens (tertiary/aromatic N) is 1. The van der Waals surface area contributed by atoms with Gasteiger partial charge >= 0.3 is 0 Å². The first kappa shape index (κ1) is 16.4. The van der Waals surface area contributed by atoms with Gasteiger partial charge in [0, 0.05) is 31.7 Å². The molecule has 1 aromatic carbocycles. The fourth-order valence-electron chi connectivity index (χ4n) is 2.68. The number of hydrogen-bond acceptors (Lipinski definition) is 4. The molecule has 1 aliphatic rings. The van der Waals surface area contributed by atoms with Gasteiger partial charge in [0.05, 0.1) is 5.02 Å². The molecule has 0 aromatic heterocycles. The van der Waals surface area contributed by atoms with Crippen molar-refractivity contribution in [3.63, 3.8) is 0 Å². The van der Waals surface area contributed by atoms with E-state index in [1.165, 1.54) is 0 Å². The van der Waals surface area contributed by atoms with E-state index in [0.717, 1.165) is 30.9 Å². The van der Waals surface area contributed by atoms with E-state index in [-0.39, 0.29) is 6.79 Å². The number of benzene rings is 1. The molecule has 0 saturated carbocycles. The Bertz CT molecular complexity index is 470. The van der Waals surface area contributed by atoms with Crippen molar-refractivity contribution in [3.05, 3.63) is 22.7 Å². The standard InChI is InChI=1S/C16H25ClN2O2/c1-11(2)19(12(3)4)6-5-18-9-13-7-14(17)16-15(8-13)20-10-21-16/h7-8,11-12,18H,5-6,9-10H2,1-4H3. The van der Waals surface area contributed by atoms with Crippen molar-refractivity contribution in [3.8, 4) is 11.5 Å². The van der Waals surface area contributed by atoms with Crippen LogP contribution in [0.15, 0.2) is 12.1 Å². The van der Waals surface area contributed by atoms with E-state index < -0.39 is 0 Å². The molecule has 21 heavy (non-hydrogen) atoms. The van der Waals surface area contributed by atoms with Crippen LogP contribution in [-0.2, 0) is 6.54 Å². The van der Waals surface area contributed by atoms with Gasteiger partial charge in [0.15, 0.2) is 11.5 Å². The average molecular weight is 313 g/mol. The number of rotatable bonds is 7. The molecule has 5 heteroatoms. The van der Waals surface area contributed by atoms with Crippen molar-refractivity contribution in [2.24, 2.45) is 0 Å². The number of ether oxygens (including phenoxy) is 2. The molecule has 1 heterocycles. The van der Waals surface area contributed by atoms with Crippen molar-refractivity contribution < 1.29 is 9.47 Å². The van der Waals surface area contributed by atoms with Crippen LogP contribution in [0.5, 0.6) is 11.5 Å². The van der Waals surface area contributed by atoms with E-state index in [2.05, 4.69) is 37.9 Å². The largest absolute Gasteiger partial charge is 0.454 e. The predicted molar refractivity (Wildman–Crippen MR) is 86.3 cm³/mol. The highest BCUT2D eigenvalue weighted by atomic mass is 35.5. The third-order valence-corrected chi connectivity index (χ3v) is 3.97. The first-order chi connectivity index (χ1) is 9.99. The van der Waals surface area contributed by atoms with Gasteiger partial charge in [-0.1, -0.05) is 11.6 Å². The van der Waals surface area contributed by atoms with Gasteiger partial charge in [0.25, 0.3) is 0 Å². The zero-order valence-corrected chi connectivity index (χ0v) is 14.0. The molecular weight excluding hydrogens is 288 g/mol. The Balaban J connectivity index is 1.83. The summed E-state index contributed by atoms with van der Waals surface area (Å²) >= 11 is 6.18. The van der Waals surface area contributed by atoms with E-state index in [4.69, 9.17) is 21.1 Å². The third-order valence-electron chi connectivity index (χ3n) is 3.69. The molecule has 0 amide bonds. The Morgan fingerprint density at radius 1 is 1.19 bits per heavy atom. The quantitative estimate of drug-likeness (QED) is 0.783. The molecule has 0 spiro atoms. The highest BCUT2D eigenvalue weighted by Crippen LogP contribution is 2.39. The maximum Gasteiger partial charge on any atom is 0.231 e. The Morgan fingerprint density at radius 2 is 1.90 bits per heavy atom. The molecule has 0 atom stereocenters. The van der Waals surface area contributed by atoms with Crippen LogP contribution in [0.1, 0.15) is 33.3 Å². The topological polar surface area (TPSA) is 33.7 Å². The van der Waals surface area contributed by atoms with Crippen LogP contribution in [0.25, 0.3) is 0 Å². The van der Waals surface area contributed by atoms with Crippen molar-refractivity contribution in [1.29, 1.82) is 0 Å². The van der Waals surface area contributed by atoms with Crippen LogP contribution in [0.4, 0.5) is 0 Å². The zero-order valence-electron chi connectivity index (χ0n) is 13.3. The van der Waals surface area contributed by atoms with Crippen LogP contribution in [0, 0.1) is 0 Å².